The Kier molecular flexibility index (Phi) is 6.44. The number of fused-ring (bicyclic) bond motifs is 1. The van der Waals surface area contributed by atoms with Crippen LogP contribution in [0.2, 0.25) is 5.02 Å². The summed E-state index contributed by atoms with van der Waals surface area (Å²) in [5.41, 5.74) is 1.83. The number of aryl methyl sites for hydroxylation is 2. The lowest BCUT2D eigenvalue weighted by atomic mass is 10.1. The van der Waals surface area contributed by atoms with E-state index in [4.69, 9.17) is 16.3 Å². The van der Waals surface area contributed by atoms with Crippen molar-refractivity contribution in [2.75, 3.05) is 5.32 Å². The van der Waals surface area contributed by atoms with E-state index in [2.05, 4.69) is 10.3 Å². The summed E-state index contributed by atoms with van der Waals surface area (Å²) in [4.78, 5) is 30.6. The number of rotatable bonds is 5. The van der Waals surface area contributed by atoms with Gasteiger partial charge in [0.2, 0.25) is 5.88 Å². The van der Waals surface area contributed by atoms with Crippen molar-refractivity contribution in [2.24, 2.45) is 0 Å². The van der Waals surface area contributed by atoms with Crippen LogP contribution in [0.5, 0.6) is 11.6 Å². The number of aromatic nitrogens is 2. The normalized spacial score (nSPS) is 11.2. The summed E-state index contributed by atoms with van der Waals surface area (Å²) < 4.78 is 7.31. The van der Waals surface area contributed by atoms with Gasteiger partial charge in [-0.25, -0.2) is 0 Å². The molecule has 0 saturated heterocycles. The van der Waals surface area contributed by atoms with Crippen LogP contribution in [0.3, 0.4) is 0 Å². The van der Waals surface area contributed by atoms with Crippen molar-refractivity contribution in [3.8, 4) is 17.7 Å². The molecule has 0 fully saturated rings. The highest BCUT2D eigenvalue weighted by Gasteiger charge is 2.18. The van der Waals surface area contributed by atoms with Crippen LogP contribution in [0.1, 0.15) is 16.7 Å². The maximum atomic E-state index is 13.3. The predicted octanol–water partition coefficient (Wildman–Crippen LogP) is 5.30. The van der Waals surface area contributed by atoms with Crippen molar-refractivity contribution in [1.29, 1.82) is 5.26 Å². The van der Waals surface area contributed by atoms with Crippen LogP contribution < -0.4 is 15.6 Å². The number of ether oxygens (including phenoxy) is 1. The molecule has 2 aromatic carbocycles. The van der Waals surface area contributed by atoms with Gasteiger partial charge in [-0.15, -0.1) is 0 Å². The maximum Gasteiger partial charge on any atom is 0.269 e. The lowest BCUT2D eigenvalue weighted by molar-refractivity contribution is -0.112. The monoisotopic (exact) mass is 470 g/mol. The molecule has 8 heteroatoms. The first-order chi connectivity index (χ1) is 16.4. The molecule has 0 aliphatic heterocycles. The third kappa shape index (κ3) is 4.82. The number of carbonyl (C=O) groups excluding carboxylic acids is 1. The van der Waals surface area contributed by atoms with Gasteiger partial charge in [-0.2, -0.15) is 10.2 Å². The van der Waals surface area contributed by atoms with Gasteiger partial charge in [-0.3, -0.25) is 14.0 Å². The van der Waals surface area contributed by atoms with Crippen LogP contribution in [-0.2, 0) is 4.79 Å². The molecule has 0 aliphatic carbocycles. The van der Waals surface area contributed by atoms with Gasteiger partial charge in [-0.05, 0) is 67.4 Å². The lowest BCUT2D eigenvalue weighted by Crippen LogP contribution is -2.20. The molecule has 0 saturated carbocycles. The number of halogens is 1. The highest BCUT2D eigenvalue weighted by atomic mass is 35.5. The summed E-state index contributed by atoms with van der Waals surface area (Å²) in [6.45, 7) is 3.85. The highest BCUT2D eigenvalue weighted by Crippen LogP contribution is 2.26. The molecule has 1 N–H and O–H groups in total. The Labute approximate surface area is 200 Å². The minimum atomic E-state index is -0.717. The van der Waals surface area contributed by atoms with Gasteiger partial charge in [0.15, 0.2) is 0 Å². The summed E-state index contributed by atoms with van der Waals surface area (Å²) in [5, 5.41) is 12.6. The van der Waals surface area contributed by atoms with E-state index < -0.39 is 11.5 Å². The Morgan fingerprint density at radius 3 is 2.53 bits per heavy atom. The molecule has 4 aromatic rings. The minimum Gasteiger partial charge on any atom is -0.438 e. The molecule has 0 atom stereocenters. The first-order valence-electron chi connectivity index (χ1n) is 10.3. The zero-order chi connectivity index (χ0) is 24.2. The number of amides is 1. The van der Waals surface area contributed by atoms with Crippen molar-refractivity contribution in [2.45, 2.75) is 13.8 Å². The molecule has 0 unspecified atom stereocenters. The molecule has 1 amide bonds. The number of nitrogens with one attached hydrogen (secondary N) is 1. The molecule has 0 aliphatic rings. The van der Waals surface area contributed by atoms with E-state index in [1.54, 1.807) is 48.7 Å². The number of para-hydroxylation sites is 1. The molecule has 4 rings (SSSR count). The average molecular weight is 471 g/mol. The first kappa shape index (κ1) is 22.8. The number of carbonyl (C=O) groups is 1. The fourth-order valence-electron chi connectivity index (χ4n) is 3.43. The number of anilines is 1. The van der Waals surface area contributed by atoms with Crippen LogP contribution >= 0.6 is 11.6 Å². The Bertz CT molecular complexity index is 1530. The van der Waals surface area contributed by atoms with E-state index in [0.717, 1.165) is 11.1 Å². The van der Waals surface area contributed by atoms with Crippen molar-refractivity contribution < 1.29 is 9.53 Å². The third-order valence-corrected chi connectivity index (χ3v) is 5.25. The number of pyridine rings is 1. The molecule has 34 heavy (non-hydrogen) atoms. The smallest absolute Gasteiger partial charge is 0.269 e. The Balaban J connectivity index is 1.83. The fraction of sp³-hybridized carbons (Fsp3) is 0.0769. The van der Waals surface area contributed by atoms with Crippen molar-refractivity contribution in [3.63, 3.8) is 0 Å². The van der Waals surface area contributed by atoms with E-state index in [9.17, 15) is 14.9 Å². The summed E-state index contributed by atoms with van der Waals surface area (Å²) in [6, 6.07) is 19.2. The molecular weight excluding hydrogens is 452 g/mol. The summed E-state index contributed by atoms with van der Waals surface area (Å²) in [5.74, 6) is -0.247. The van der Waals surface area contributed by atoms with Gasteiger partial charge in [0.25, 0.3) is 11.5 Å². The second kappa shape index (κ2) is 9.61. The highest BCUT2D eigenvalue weighted by molar-refractivity contribution is 6.34. The van der Waals surface area contributed by atoms with Crippen LogP contribution in [0.15, 0.2) is 77.2 Å². The standard InChI is InChI=1S/C26H19ClN4O3/c1-16-11-17(2)13-19(12-16)34-25-20(26(33)31-10-6-5-9-23(31)30-25)14-18(15-28)24(32)29-22-8-4-3-7-21(22)27/h3-14H,1-2H3,(H,29,32)/b18-14-. The molecule has 7 nitrogen and oxygen atoms in total. The zero-order valence-electron chi connectivity index (χ0n) is 18.4. The van der Waals surface area contributed by atoms with Gasteiger partial charge >= 0.3 is 0 Å². The van der Waals surface area contributed by atoms with E-state index in [0.29, 0.717) is 22.1 Å². The third-order valence-electron chi connectivity index (χ3n) is 4.92. The van der Waals surface area contributed by atoms with Crippen LogP contribution in [-0.4, -0.2) is 15.3 Å². The van der Waals surface area contributed by atoms with Crippen molar-refractivity contribution in [1.82, 2.24) is 9.38 Å². The predicted molar refractivity (Wildman–Crippen MR) is 131 cm³/mol. The Hall–Kier alpha value is -4.41. The number of nitriles is 1. The minimum absolute atomic E-state index is 0.0144. The molecule has 2 heterocycles. The van der Waals surface area contributed by atoms with Gasteiger partial charge in [0, 0.05) is 6.20 Å². The quantitative estimate of drug-likeness (QED) is 0.315. The fourth-order valence-corrected chi connectivity index (χ4v) is 3.62. The summed E-state index contributed by atoms with van der Waals surface area (Å²) >= 11 is 6.11. The Morgan fingerprint density at radius 2 is 1.82 bits per heavy atom. The van der Waals surface area contributed by atoms with Gasteiger partial charge in [0.1, 0.15) is 28.6 Å². The zero-order valence-corrected chi connectivity index (χ0v) is 19.1. The van der Waals surface area contributed by atoms with E-state index in [1.165, 1.54) is 10.5 Å². The second-order valence-corrected chi connectivity index (χ2v) is 8.00. The largest absolute Gasteiger partial charge is 0.438 e. The van der Waals surface area contributed by atoms with E-state index >= 15 is 0 Å². The summed E-state index contributed by atoms with van der Waals surface area (Å²) in [7, 11) is 0. The van der Waals surface area contributed by atoms with Gasteiger partial charge in [-0.1, -0.05) is 35.9 Å². The molecule has 0 bridgehead atoms. The topological polar surface area (TPSA) is 96.5 Å². The van der Waals surface area contributed by atoms with Crippen LogP contribution in [0, 0.1) is 25.2 Å². The van der Waals surface area contributed by atoms with Gasteiger partial charge in [0.05, 0.1) is 10.7 Å². The molecular formula is C26H19ClN4O3. The Morgan fingerprint density at radius 1 is 1.12 bits per heavy atom. The summed E-state index contributed by atoms with van der Waals surface area (Å²) in [6.07, 6.45) is 2.73. The molecule has 0 spiro atoms. The molecule has 0 radical (unpaired) electrons. The number of nitrogens with zero attached hydrogens (tertiary/aromatic N) is 3. The average Bonchev–Trinajstić information content (AvgIpc) is 2.80. The van der Waals surface area contributed by atoms with Crippen LogP contribution in [0.4, 0.5) is 5.69 Å². The van der Waals surface area contributed by atoms with Crippen molar-refractivity contribution in [3.05, 3.63) is 105 Å². The molecule has 168 valence electrons. The van der Waals surface area contributed by atoms with Gasteiger partial charge < -0.3 is 10.1 Å². The number of hydrogen-bond donors (Lipinski definition) is 1. The van der Waals surface area contributed by atoms with E-state index in [-0.39, 0.29) is 17.0 Å². The maximum absolute atomic E-state index is 13.3. The second-order valence-electron chi connectivity index (χ2n) is 7.59. The van der Waals surface area contributed by atoms with Crippen LogP contribution in [0.25, 0.3) is 11.7 Å². The SMILES string of the molecule is Cc1cc(C)cc(Oc2nc3ccccn3c(=O)c2/C=C(/C#N)C(=O)Nc2ccccc2Cl)c1. The molecule has 2 aromatic heterocycles. The number of benzene rings is 2. The lowest BCUT2D eigenvalue weighted by Gasteiger charge is -2.11. The number of hydrogen-bond acceptors (Lipinski definition) is 5. The van der Waals surface area contributed by atoms with Crippen molar-refractivity contribution >= 4 is 34.9 Å². The van der Waals surface area contributed by atoms with E-state index in [1.807, 2.05) is 38.1 Å². The first-order valence-corrected chi connectivity index (χ1v) is 10.7.